The van der Waals surface area contributed by atoms with E-state index in [1.807, 2.05) is 6.92 Å². The number of halogens is 1. The highest BCUT2D eigenvalue weighted by Crippen LogP contribution is 2.23. The minimum Gasteiger partial charge on any atom is -0.469 e. The maximum atomic E-state index is 11.1. The van der Waals surface area contributed by atoms with Crippen molar-refractivity contribution in [2.24, 2.45) is 0 Å². The van der Waals surface area contributed by atoms with Crippen LogP contribution in [0.25, 0.3) is 11.1 Å². The fourth-order valence-electron chi connectivity index (χ4n) is 1.55. The number of nitrogens with zero attached hydrogens (tertiary/aromatic N) is 2. The molecule has 0 fully saturated rings. The van der Waals surface area contributed by atoms with Gasteiger partial charge in [0.2, 0.25) is 5.28 Å². The summed E-state index contributed by atoms with van der Waals surface area (Å²) in [6, 6.07) is 1.54. The van der Waals surface area contributed by atoms with Gasteiger partial charge >= 0.3 is 5.97 Å². The number of methoxy groups -OCH3 is 1. The lowest BCUT2D eigenvalue weighted by molar-refractivity contribution is -0.140. The van der Waals surface area contributed by atoms with Crippen LogP contribution in [0.3, 0.4) is 0 Å². The highest BCUT2D eigenvalue weighted by atomic mass is 35.5. The normalized spacial score (nSPS) is 12.4. The van der Waals surface area contributed by atoms with Crippen LogP contribution in [0.5, 0.6) is 0 Å². The number of carbonyl (C=O) groups excluding carboxylic acids is 1. The largest absolute Gasteiger partial charge is 0.469 e. The maximum absolute atomic E-state index is 11.1. The molecule has 7 heteroatoms. The molecule has 0 saturated carbocycles. The van der Waals surface area contributed by atoms with Crippen molar-refractivity contribution in [2.45, 2.75) is 19.4 Å². The van der Waals surface area contributed by atoms with Crippen molar-refractivity contribution in [3.05, 3.63) is 17.6 Å². The fourth-order valence-corrected chi connectivity index (χ4v) is 1.73. The number of esters is 1. The van der Waals surface area contributed by atoms with Gasteiger partial charge in [0.05, 0.1) is 19.8 Å². The molecule has 0 aromatic carbocycles. The second-order valence-corrected chi connectivity index (χ2v) is 4.14. The topological polar surface area (TPSA) is 77.2 Å². The first kappa shape index (κ1) is 12.6. The van der Waals surface area contributed by atoms with Gasteiger partial charge in [-0.25, -0.2) is 4.98 Å². The molecule has 96 valence electrons. The molecular weight excluding hydrogens is 258 g/mol. The van der Waals surface area contributed by atoms with E-state index in [1.54, 1.807) is 6.07 Å². The minimum absolute atomic E-state index is 0.122. The van der Waals surface area contributed by atoms with Gasteiger partial charge in [0.1, 0.15) is 5.52 Å². The van der Waals surface area contributed by atoms with Gasteiger partial charge in [-0.15, -0.1) is 0 Å². The highest BCUT2D eigenvalue weighted by Gasteiger charge is 2.14. The number of carbonyl (C=O) groups is 1. The summed E-state index contributed by atoms with van der Waals surface area (Å²) >= 11 is 5.80. The number of nitrogens with one attached hydrogen (secondary N) is 1. The van der Waals surface area contributed by atoms with Crippen LogP contribution in [-0.4, -0.2) is 29.1 Å². The standard InChI is InChI=1S/C11H12ClN3O3/c1-6(5-8(16)17-2)13-10-9-7(3-4-18-9)14-11(12)15-10/h3-4,6H,5H2,1-2H3,(H,13,14,15)/t6-/m0/s1. The Labute approximate surface area is 108 Å². The second-order valence-electron chi connectivity index (χ2n) is 3.80. The van der Waals surface area contributed by atoms with E-state index in [0.717, 1.165) is 0 Å². The van der Waals surface area contributed by atoms with E-state index in [4.69, 9.17) is 16.0 Å². The number of ether oxygens (including phenoxy) is 1. The van der Waals surface area contributed by atoms with Crippen LogP contribution < -0.4 is 5.32 Å². The molecule has 2 aromatic rings. The van der Waals surface area contributed by atoms with Crippen molar-refractivity contribution >= 4 is 34.5 Å². The Kier molecular flexibility index (Phi) is 3.66. The summed E-state index contributed by atoms with van der Waals surface area (Å²) in [4.78, 5) is 19.2. The molecule has 0 aliphatic rings. The summed E-state index contributed by atoms with van der Waals surface area (Å²) < 4.78 is 9.87. The predicted octanol–water partition coefficient (Wildman–Crippen LogP) is 2.24. The number of aromatic nitrogens is 2. The van der Waals surface area contributed by atoms with Gasteiger partial charge in [0.15, 0.2) is 11.4 Å². The van der Waals surface area contributed by atoms with E-state index in [-0.39, 0.29) is 23.7 Å². The Balaban J connectivity index is 2.20. The molecule has 6 nitrogen and oxygen atoms in total. The summed E-state index contributed by atoms with van der Waals surface area (Å²) in [5, 5.41) is 3.17. The number of rotatable bonds is 4. The van der Waals surface area contributed by atoms with Crippen molar-refractivity contribution in [1.29, 1.82) is 0 Å². The Morgan fingerprint density at radius 3 is 3.11 bits per heavy atom. The van der Waals surface area contributed by atoms with Crippen molar-refractivity contribution in [2.75, 3.05) is 12.4 Å². The van der Waals surface area contributed by atoms with Crippen LogP contribution in [0.2, 0.25) is 5.28 Å². The van der Waals surface area contributed by atoms with Gasteiger partial charge in [-0.1, -0.05) is 0 Å². The van der Waals surface area contributed by atoms with Crippen LogP contribution in [0.15, 0.2) is 16.7 Å². The third-order valence-corrected chi connectivity index (χ3v) is 2.53. The quantitative estimate of drug-likeness (QED) is 0.677. The van der Waals surface area contributed by atoms with Crippen LogP contribution in [-0.2, 0) is 9.53 Å². The molecule has 0 amide bonds. The first-order chi connectivity index (χ1) is 8.60. The van der Waals surface area contributed by atoms with E-state index in [9.17, 15) is 4.79 Å². The molecule has 0 aliphatic carbocycles. The molecule has 0 bridgehead atoms. The summed E-state index contributed by atoms with van der Waals surface area (Å²) in [5.74, 6) is 0.164. The van der Waals surface area contributed by atoms with Gasteiger partial charge in [-0.2, -0.15) is 4.98 Å². The van der Waals surface area contributed by atoms with E-state index in [0.29, 0.717) is 16.9 Å². The van der Waals surface area contributed by atoms with E-state index in [1.165, 1.54) is 13.4 Å². The third-order valence-electron chi connectivity index (χ3n) is 2.36. The molecule has 2 rings (SSSR count). The summed E-state index contributed by atoms with van der Waals surface area (Å²) in [6.07, 6.45) is 1.73. The van der Waals surface area contributed by atoms with Crippen LogP contribution in [0.4, 0.5) is 5.82 Å². The molecule has 1 N–H and O–H groups in total. The molecule has 0 radical (unpaired) electrons. The first-order valence-corrected chi connectivity index (χ1v) is 5.72. The zero-order chi connectivity index (χ0) is 13.1. The van der Waals surface area contributed by atoms with Gasteiger partial charge in [0.25, 0.3) is 0 Å². The van der Waals surface area contributed by atoms with E-state index < -0.39 is 0 Å². The van der Waals surface area contributed by atoms with Crippen LogP contribution in [0.1, 0.15) is 13.3 Å². The molecule has 2 aromatic heterocycles. The van der Waals surface area contributed by atoms with Gasteiger partial charge in [-0.3, -0.25) is 4.79 Å². The van der Waals surface area contributed by atoms with E-state index in [2.05, 4.69) is 20.0 Å². The van der Waals surface area contributed by atoms with E-state index >= 15 is 0 Å². The number of anilines is 1. The molecule has 0 unspecified atom stereocenters. The summed E-state index contributed by atoms with van der Waals surface area (Å²) in [7, 11) is 1.35. The first-order valence-electron chi connectivity index (χ1n) is 5.34. The summed E-state index contributed by atoms with van der Waals surface area (Å²) in [6.45, 7) is 1.84. The Hall–Kier alpha value is -1.82. The fraction of sp³-hybridized carbons (Fsp3) is 0.364. The molecule has 1 atom stereocenters. The lowest BCUT2D eigenvalue weighted by atomic mass is 10.2. The van der Waals surface area contributed by atoms with Crippen LogP contribution >= 0.6 is 11.6 Å². The Morgan fingerprint density at radius 2 is 2.39 bits per heavy atom. The lowest BCUT2D eigenvalue weighted by Gasteiger charge is -2.13. The number of furan rings is 1. The minimum atomic E-state index is -0.300. The molecule has 2 heterocycles. The SMILES string of the molecule is COC(=O)C[C@H](C)Nc1nc(Cl)nc2ccoc12. The van der Waals surface area contributed by atoms with Gasteiger partial charge in [0, 0.05) is 12.1 Å². The maximum Gasteiger partial charge on any atom is 0.307 e. The monoisotopic (exact) mass is 269 g/mol. The van der Waals surface area contributed by atoms with Crippen molar-refractivity contribution < 1.29 is 13.9 Å². The average molecular weight is 270 g/mol. The van der Waals surface area contributed by atoms with Gasteiger partial charge in [-0.05, 0) is 18.5 Å². The van der Waals surface area contributed by atoms with Crippen molar-refractivity contribution in [1.82, 2.24) is 9.97 Å². The molecule has 0 aliphatic heterocycles. The average Bonchev–Trinajstić information content (AvgIpc) is 2.76. The zero-order valence-corrected chi connectivity index (χ0v) is 10.7. The van der Waals surface area contributed by atoms with Gasteiger partial charge < -0.3 is 14.5 Å². The molecule has 0 spiro atoms. The van der Waals surface area contributed by atoms with Crippen molar-refractivity contribution in [3.8, 4) is 0 Å². The molecular formula is C11H12ClN3O3. The smallest absolute Gasteiger partial charge is 0.307 e. The lowest BCUT2D eigenvalue weighted by Crippen LogP contribution is -2.21. The summed E-state index contributed by atoms with van der Waals surface area (Å²) in [5.41, 5.74) is 1.12. The number of hydrogen-bond acceptors (Lipinski definition) is 6. The molecule has 18 heavy (non-hydrogen) atoms. The predicted molar refractivity (Wildman–Crippen MR) is 66.5 cm³/mol. The molecule has 0 saturated heterocycles. The second kappa shape index (κ2) is 5.22. The van der Waals surface area contributed by atoms with Crippen molar-refractivity contribution in [3.63, 3.8) is 0 Å². The number of fused-ring (bicyclic) bond motifs is 1. The Bertz CT molecular complexity index is 570. The van der Waals surface area contributed by atoms with Crippen LogP contribution in [0, 0.1) is 0 Å². The third kappa shape index (κ3) is 2.70. The number of hydrogen-bond donors (Lipinski definition) is 1. The highest BCUT2D eigenvalue weighted by molar-refractivity contribution is 6.28. The Morgan fingerprint density at radius 1 is 1.61 bits per heavy atom. The zero-order valence-electron chi connectivity index (χ0n) is 9.94.